The number of carboxylic acid groups (broad SMARTS) is 1. The van der Waals surface area contributed by atoms with Crippen LogP contribution in [0.4, 0.5) is 0 Å². The van der Waals surface area contributed by atoms with Crippen LogP contribution in [0.15, 0.2) is 24.8 Å². The van der Waals surface area contributed by atoms with Crippen molar-refractivity contribution in [2.75, 3.05) is 13.2 Å². The molecule has 0 atom stereocenters. The molecular formula is C21H40O5Sn. The molecule has 0 aromatic heterocycles. The zero-order chi connectivity index (χ0) is 21.3. The molecule has 0 aliphatic carbocycles. The molecule has 6 heteroatoms. The van der Waals surface area contributed by atoms with Crippen LogP contribution in [0.25, 0.3) is 0 Å². The van der Waals surface area contributed by atoms with Crippen molar-refractivity contribution in [3.63, 3.8) is 0 Å². The van der Waals surface area contributed by atoms with E-state index in [9.17, 15) is 14.7 Å². The van der Waals surface area contributed by atoms with Crippen LogP contribution >= 0.6 is 0 Å². The predicted molar refractivity (Wildman–Crippen MR) is 113 cm³/mol. The van der Waals surface area contributed by atoms with Crippen molar-refractivity contribution in [1.29, 1.82) is 0 Å². The standard InChI is InChI=1S/C6H8O5.3C4H9.C3H6.Sn/c7-3-4-11-6(10)2-1-5(8)9;3*1-3-4-2;1-3-2;/h1-2,7H,3-4H2,(H,8,9);3*1,3-4H2,2H3;3H,1H2,2H3;/q;;;;;+1/p-1/b2-1-;;;;;. The topological polar surface area (TPSA) is 86.7 Å². The predicted octanol–water partition coefficient (Wildman–Crippen LogP) is 3.90. The first-order valence-electron chi connectivity index (χ1n) is 10.00. The number of carboxylic acids is 1. The molecule has 1 N–H and O–H groups in total. The third kappa shape index (κ3) is 33.2. The molecule has 0 aliphatic rings. The van der Waals surface area contributed by atoms with E-state index in [1.807, 2.05) is 6.92 Å². The third-order valence-electron chi connectivity index (χ3n) is 3.34. The van der Waals surface area contributed by atoms with E-state index in [2.05, 4.69) is 32.1 Å². The number of aliphatic carboxylic acids is 1. The minimum atomic E-state index is -1.47. The van der Waals surface area contributed by atoms with Crippen LogP contribution in [0.3, 0.4) is 0 Å². The van der Waals surface area contributed by atoms with E-state index in [1.54, 1.807) is 19.4 Å². The molecular weight excluding hydrogens is 451 g/mol. The van der Waals surface area contributed by atoms with Crippen molar-refractivity contribution in [2.45, 2.75) is 79.5 Å². The maximum atomic E-state index is 10.4. The van der Waals surface area contributed by atoms with Crippen molar-refractivity contribution in [3.8, 4) is 0 Å². The average molecular weight is 491 g/mol. The molecule has 0 saturated carbocycles. The molecule has 5 nitrogen and oxygen atoms in total. The van der Waals surface area contributed by atoms with Crippen molar-refractivity contribution in [3.05, 3.63) is 24.8 Å². The molecule has 0 aromatic carbocycles. The van der Waals surface area contributed by atoms with E-state index in [0.29, 0.717) is 12.2 Å². The first-order chi connectivity index (χ1) is 12.9. The van der Waals surface area contributed by atoms with Gasteiger partial charge in [0, 0.05) is 6.08 Å². The number of carbonyl (C=O) groups excluding carboxylic acids is 2. The summed E-state index contributed by atoms with van der Waals surface area (Å²) in [6, 6.07) is 0. The molecule has 0 spiro atoms. The summed E-state index contributed by atoms with van der Waals surface area (Å²) < 4.78 is 9.31. The molecule has 0 rings (SSSR count). The van der Waals surface area contributed by atoms with Crippen molar-refractivity contribution in [2.24, 2.45) is 0 Å². The Hall–Kier alpha value is -0.821. The molecule has 0 unspecified atom stereocenters. The fourth-order valence-corrected chi connectivity index (χ4v) is 11.4. The van der Waals surface area contributed by atoms with Crippen molar-refractivity contribution >= 4 is 31.7 Å². The summed E-state index contributed by atoms with van der Waals surface area (Å²) in [6.45, 7) is 11.8. The first-order valence-corrected chi connectivity index (χ1v) is 16.1. The largest absolute Gasteiger partial charge is 0.545 e. The Labute approximate surface area is 173 Å². The molecule has 158 valence electrons. The zero-order valence-corrected chi connectivity index (χ0v) is 20.7. The van der Waals surface area contributed by atoms with Gasteiger partial charge in [-0.15, -0.1) is 6.58 Å². The van der Waals surface area contributed by atoms with Gasteiger partial charge in [-0.05, 0) is 13.0 Å². The second kappa shape index (κ2) is 27.4. The number of ether oxygens (including phenoxy) is 1. The average Bonchev–Trinajstić information content (AvgIpc) is 2.65. The van der Waals surface area contributed by atoms with Gasteiger partial charge in [-0.25, -0.2) is 4.79 Å². The van der Waals surface area contributed by atoms with Crippen LogP contribution in [0.5, 0.6) is 0 Å². The van der Waals surface area contributed by atoms with Gasteiger partial charge in [0.05, 0.1) is 12.6 Å². The molecule has 0 radical (unpaired) electrons. The van der Waals surface area contributed by atoms with Gasteiger partial charge in [0.15, 0.2) is 0 Å². The molecule has 0 bridgehead atoms. The number of aliphatic hydroxyl groups is 1. The Balaban J connectivity index is -0.000000376. The minimum Gasteiger partial charge on any atom is -0.545 e. The summed E-state index contributed by atoms with van der Waals surface area (Å²) in [4.78, 5) is 20.1. The number of unbranched alkanes of at least 4 members (excludes halogenated alkanes) is 3. The Kier molecular flexibility index (Phi) is 31.3. The number of allylic oxidation sites excluding steroid dienone is 1. The van der Waals surface area contributed by atoms with Gasteiger partial charge >= 0.3 is 98.3 Å². The Morgan fingerprint density at radius 3 is 1.70 bits per heavy atom. The monoisotopic (exact) mass is 492 g/mol. The van der Waals surface area contributed by atoms with E-state index in [0.717, 1.165) is 0 Å². The molecule has 0 amide bonds. The van der Waals surface area contributed by atoms with Crippen LogP contribution in [-0.2, 0) is 14.3 Å². The summed E-state index contributed by atoms with van der Waals surface area (Å²) in [5, 5.41) is 17.9. The normalized spacial score (nSPS) is 9.52. The van der Waals surface area contributed by atoms with E-state index in [-0.39, 0.29) is 13.2 Å². The molecule has 0 aromatic rings. The van der Waals surface area contributed by atoms with Gasteiger partial charge in [-0.1, -0.05) is 6.08 Å². The molecule has 27 heavy (non-hydrogen) atoms. The van der Waals surface area contributed by atoms with E-state index >= 15 is 0 Å². The second-order valence-corrected chi connectivity index (χ2v) is 14.6. The third-order valence-corrected chi connectivity index (χ3v) is 12.4. The molecule has 0 saturated heterocycles. The van der Waals surface area contributed by atoms with Gasteiger partial charge in [-0.2, -0.15) is 0 Å². The maximum Gasteiger partial charge on any atom is 0.330 e. The summed E-state index contributed by atoms with van der Waals surface area (Å²) >= 11 is -0.839. The fourth-order valence-electron chi connectivity index (χ4n) is 1.99. The number of aliphatic hydroxyl groups excluding tert-OH is 1. The maximum absolute atomic E-state index is 10.4. The van der Waals surface area contributed by atoms with E-state index < -0.39 is 31.7 Å². The smallest absolute Gasteiger partial charge is 0.330 e. The molecule has 0 heterocycles. The number of rotatable bonds is 13. The second-order valence-electron chi connectivity index (χ2n) is 6.01. The summed E-state index contributed by atoms with van der Waals surface area (Å²) in [5.74, 6) is -2.28. The van der Waals surface area contributed by atoms with E-state index in [1.165, 1.54) is 38.5 Å². The van der Waals surface area contributed by atoms with E-state index in [4.69, 9.17) is 5.11 Å². The number of esters is 1. The summed E-state index contributed by atoms with van der Waals surface area (Å²) in [7, 11) is 0. The van der Waals surface area contributed by atoms with Gasteiger partial charge in [0.1, 0.15) is 6.61 Å². The number of hydrogen-bond acceptors (Lipinski definition) is 5. The van der Waals surface area contributed by atoms with Crippen molar-refractivity contribution < 1.29 is 24.5 Å². The first kappa shape index (κ1) is 30.9. The SMILES string of the molecule is C=CC.CCC[CH2][Sn+]([CH2]CCC)[CH2]CCC.O=C([O-])/C=C\C(=O)OCCO. The summed E-state index contributed by atoms with van der Waals surface area (Å²) in [5.41, 5.74) is 0. The quantitative estimate of drug-likeness (QED) is 0.183. The van der Waals surface area contributed by atoms with Gasteiger partial charge < -0.3 is 19.7 Å². The van der Waals surface area contributed by atoms with Crippen LogP contribution in [-0.4, -0.2) is 50.0 Å². The number of carbonyl (C=O) groups is 2. The number of hydrogen-bond donors (Lipinski definition) is 1. The Morgan fingerprint density at radius 2 is 1.41 bits per heavy atom. The Morgan fingerprint density at radius 1 is 1.00 bits per heavy atom. The van der Waals surface area contributed by atoms with Gasteiger partial charge in [0.2, 0.25) is 0 Å². The fraction of sp³-hybridized carbons (Fsp3) is 0.714. The molecule has 0 fully saturated rings. The zero-order valence-electron chi connectivity index (χ0n) is 17.8. The Bertz CT molecular complexity index is 351. The van der Waals surface area contributed by atoms with Gasteiger partial charge in [-0.3, -0.25) is 0 Å². The van der Waals surface area contributed by atoms with Crippen LogP contribution in [0, 0.1) is 0 Å². The van der Waals surface area contributed by atoms with Crippen molar-refractivity contribution in [1.82, 2.24) is 0 Å². The summed E-state index contributed by atoms with van der Waals surface area (Å²) in [6.07, 6.45) is 11.9. The molecule has 0 aliphatic heterocycles. The van der Waals surface area contributed by atoms with Crippen LogP contribution in [0.1, 0.15) is 66.2 Å². The van der Waals surface area contributed by atoms with Crippen LogP contribution in [0.2, 0.25) is 13.3 Å². The van der Waals surface area contributed by atoms with Gasteiger partial charge in [0.25, 0.3) is 0 Å². The van der Waals surface area contributed by atoms with Crippen LogP contribution < -0.4 is 5.11 Å². The minimum absolute atomic E-state index is 0.143.